The van der Waals surface area contributed by atoms with Crippen LogP contribution in [0.25, 0.3) is 0 Å². The van der Waals surface area contributed by atoms with E-state index in [1.807, 2.05) is 12.3 Å². The number of halogens is 3. The maximum absolute atomic E-state index is 6.39. The average Bonchev–Trinajstić information content (AvgIpc) is 2.54. The van der Waals surface area contributed by atoms with Crippen LogP contribution in [0, 0.1) is 5.41 Å². The summed E-state index contributed by atoms with van der Waals surface area (Å²) in [5.74, 6) is 0. The molecule has 1 spiro atoms. The summed E-state index contributed by atoms with van der Waals surface area (Å²) in [6, 6.07) is 4.34. The fourth-order valence-electron chi connectivity index (χ4n) is 3.07. The molecule has 1 saturated heterocycles. The van der Waals surface area contributed by atoms with Crippen LogP contribution in [0.1, 0.15) is 30.1 Å². The lowest BCUT2D eigenvalue weighted by atomic mass is 9.74. The van der Waals surface area contributed by atoms with Gasteiger partial charge in [-0.05, 0) is 49.4 Å². The molecule has 0 saturated carbocycles. The molecule has 2 heterocycles. The number of fused-ring (bicyclic) bond motifs is 1. The SMILES string of the molecule is Cl.Cl.Cl.N[C@@H]1c2cccnc2CC12CCNCC2. The summed E-state index contributed by atoms with van der Waals surface area (Å²) in [5.41, 5.74) is 9.19. The van der Waals surface area contributed by atoms with Gasteiger partial charge in [0.2, 0.25) is 0 Å². The van der Waals surface area contributed by atoms with Gasteiger partial charge < -0.3 is 11.1 Å². The molecule has 2 aliphatic rings. The van der Waals surface area contributed by atoms with Crippen LogP contribution in [-0.2, 0) is 6.42 Å². The lowest BCUT2D eigenvalue weighted by molar-refractivity contribution is 0.173. The first-order chi connectivity index (χ1) is 7.32. The Morgan fingerprint density at radius 2 is 1.89 bits per heavy atom. The van der Waals surface area contributed by atoms with Crippen LogP contribution in [0.15, 0.2) is 18.3 Å². The Hall–Kier alpha value is -0.0600. The third-order valence-electron chi connectivity index (χ3n) is 4.04. The quantitative estimate of drug-likeness (QED) is 0.773. The van der Waals surface area contributed by atoms with Crippen LogP contribution < -0.4 is 11.1 Å². The average molecular weight is 313 g/mol. The predicted molar refractivity (Wildman–Crippen MR) is 81.2 cm³/mol. The van der Waals surface area contributed by atoms with Crippen molar-refractivity contribution in [3.63, 3.8) is 0 Å². The number of hydrogen-bond donors (Lipinski definition) is 2. The van der Waals surface area contributed by atoms with Gasteiger partial charge in [0.25, 0.3) is 0 Å². The number of aromatic nitrogens is 1. The zero-order chi connectivity index (χ0) is 10.3. The second kappa shape index (κ2) is 6.92. The second-order valence-corrected chi connectivity index (χ2v) is 4.81. The molecule has 1 fully saturated rings. The van der Waals surface area contributed by atoms with Crippen molar-refractivity contribution in [3.8, 4) is 0 Å². The van der Waals surface area contributed by atoms with Crippen LogP contribution in [0.5, 0.6) is 0 Å². The highest BCUT2D eigenvalue weighted by molar-refractivity contribution is 5.86. The number of pyridine rings is 1. The highest BCUT2D eigenvalue weighted by Crippen LogP contribution is 2.48. The van der Waals surface area contributed by atoms with E-state index in [1.165, 1.54) is 24.1 Å². The molecule has 3 N–H and O–H groups in total. The van der Waals surface area contributed by atoms with E-state index in [4.69, 9.17) is 5.73 Å². The van der Waals surface area contributed by atoms with Crippen molar-refractivity contribution in [2.75, 3.05) is 13.1 Å². The van der Waals surface area contributed by atoms with Crippen LogP contribution in [0.2, 0.25) is 0 Å². The molecule has 0 unspecified atom stereocenters. The van der Waals surface area contributed by atoms with Crippen molar-refractivity contribution >= 4 is 37.2 Å². The van der Waals surface area contributed by atoms with E-state index in [-0.39, 0.29) is 43.3 Å². The number of rotatable bonds is 0. The number of nitrogens with one attached hydrogen (secondary N) is 1. The van der Waals surface area contributed by atoms with Crippen LogP contribution in [-0.4, -0.2) is 18.1 Å². The Labute approximate surface area is 127 Å². The van der Waals surface area contributed by atoms with Gasteiger partial charge >= 0.3 is 0 Å². The van der Waals surface area contributed by atoms with E-state index < -0.39 is 0 Å². The molecule has 1 aromatic rings. The molecule has 104 valence electrons. The molecular weight excluding hydrogens is 293 g/mol. The van der Waals surface area contributed by atoms with Crippen molar-refractivity contribution in [2.24, 2.45) is 11.1 Å². The minimum absolute atomic E-state index is 0. The monoisotopic (exact) mass is 311 g/mol. The first-order valence-corrected chi connectivity index (χ1v) is 5.72. The number of nitrogens with zero attached hydrogens (tertiary/aromatic N) is 1. The Bertz CT molecular complexity index is 381. The molecule has 1 aliphatic carbocycles. The number of nitrogens with two attached hydrogens (primary N) is 1. The zero-order valence-corrected chi connectivity index (χ0v) is 12.5. The van der Waals surface area contributed by atoms with Gasteiger partial charge in [-0.25, -0.2) is 0 Å². The minimum Gasteiger partial charge on any atom is -0.323 e. The first-order valence-electron chi connectivity index (χ1n) is 5.72. The van der Waals surface area contributed by atoms with Gasteiger partial charge in [0.15, 0.2) is 0 Å². The maximum atomic E-state index is 6.39. The fraction of sp³-hybridized carbons (Fsp3) is 0.583. The molecule has 1 aliphatic heterocycles. The molecule has 0 bridgehead atoms. The summed E-state index contributed by atoms with van der Waals surface area (Å²) >= 11 is 0. The molecule has 1 atom stereocenters. The molecule has 1 aromatic heterocycles. The van der Waals surface area contributed by atoms with E-state index >= 15 is 0 Å². The lowest BCUT2D eigenvalue weighted by Gasteiger charge is -2.37. The predicted octanol–water partition coefficient (Wildman–Crippen LogP) is 2.27. The molecule has 0 amide bonds. The molecule has 18 heavy (non-hydrogen) atoms. The van der Waals surface area contributed by atoms with Crippen molar-refractivity contribution in [1.29, 1.82) is 0 Å². The van der Waals surface area contributed by atoms with Crippen LogP contribution in [0.4, 0.5) is 0 Å². The van der Waals surface area contributed by atoms with E-state index in [0.29, 0.717) is 5.41 Å². The van der Waals surface area contributed by atoms with Gasteiger partial charge in [-0.3, -0.25) is 4.98 Å². The van der Waals surface area contributed by atoms with Gasteiger partial charge in [0.1, 0.15) is 0 Å². The van der Waals surface area contributed by atoms with Crippen molar-refractivity contribution < 1.29 is 0 Å². The summed E-state index contributed by atoms with van der Waals surface area (Å²) in [4.78, 5) is 4.46. The van der Waals surface area contributed by atoms with Crippen LogP contribution in [0.3, 0.4) is 0 Å². The molecule has 6 heteroatoms. The standard InChI is InChI=1S/C12H17N3.3ClH/c13-11-9-2-1-5-15-10(9)8-12(11)3-6-14-7-4-12;;;/h1-2,5,11,14H,3-4,6-8,13H2;3*1H/t11-;;;/m1.../s1. The first kappa shape index (κ1) is 17.9. The smallest absolute Gasteiger partial charge is 0.0457 e. The minimum atomic E-state index is 0. The van der Waals surface area contributed by atoms with Crippen molar-refractivity contribution in [3.05, 3.63) is 29.6 Å². The van der Waals surface area contributed by atoms with Gasteiger partial charge in [-0.2, -0.15) is 0 Å². The van der Waals surface area contributed by atoms with E-state index in [2.05, 4.69) is 16.4 Å². The third-order valence-corrected chi connectivity index (χ3v) is 4.04. The highest BCUT2D eigenvalue weighted by atomic mass is 35.5. The lowest BCUT2D eigenvalue weighted by Crippen LogP contribution is -2.42. The topological polar surface area (TPSA) is 50.9 Å². The molecule has 3 rings (SSSR count). The summed E-state index contributed by atoms with van der Waals surface area (Å²) in [6.45, 7) is 2.20. The van der Waals surface area contributed by atoms with E-state index in [9.17, 15) is 0 Å². The van der Waals surface area contributed by atoms with E-state index in [0.717, 1.165) is 19.5 Å². The fourth-order valence-corrected chi connectivity index (χ4v) is 3.07. The number of hydrogen-bond acceptors (Lipinski definition) is 3. The van der Waals surface area contributed by atoms with Crippen molar-refractivity contribution in [1.82, 2.24) is 10.3 Å². The van der Waals surface area contributed by atoms with E-state index in [1.54, 1.807) is 0 Å². The third kappa shape index (κ3) is 2.75. The molecule has 0 radical (unpaired) electrons. The largest absolute Gasteiger partial charge is 0.323 e. The maximum Gasteiger partial charge on any atom is 0.0457 e. The van der Waals surface area contributed by atoms with Crippen molar-refractivity contribution in [2.45, 2.75) is 25.3 Å². The summed E-state index contributed by atoms with van der Waals surface area (Å²) < 4.78 is 0. The summed E-state index contributed by atoms with van der Waals surface area (Å²) in [5, 5.41) is 3.41. The number of piperidine rings is 1. The summed E-state index contributed by atoms with van der Waals surface area (Å²) in [6.07, 6.45) is 5.33. The molecule has 3 nitrogen and oxygen atoms in total. The zero-order valence-electron chi connectivity index (χ0n) is 10.1. The molecular formula is C12H20Cl3N3. The van der Waals surface area contributed by atoms with Gasteiger partial charge in [-0.1, -0.05) is 6.07 Å². The Morgan fingerprint density at radius 3 is 2.50 bits per heavy atom. The Balaban J connectivity index is 0.000000963. The normalized spacial score (nSPS) is 23.3. The Morgan fingerprint density at radius 1 is 1.22 bits per heavy atom. The van der Waals surface area contributed by atoms with Gasteiger partial charge in [-0.15, -0.1) is 37.2 Å². The second-order valence-electron chi connectivity index (χ2n) is 4.81. The summed E-state index contributed by atoms with van der Waals surface area (Å²) in [7, 11) is 0. The van der Waals surface area contributed by atoms with Crippen LogP contribution >= 0.6 is 37.2 Å². The Kier molecular flexibility index (Phi) is 6.90. The molecule has 0 aromatic carbocycles. The van der Waals surface area contributed by atoms with Gasteiger partial charge in [0, 0.05) is 17.9 Å². The van der Waals surface area contributed by atoms with Gasteiger partial charge in [0.05, 0.1) is 0 Å². The highest BCUT2D eigenvalue weighted by Gasteiger charge is 2.45.